The van der Waals surface area contributed by atoms with Gasteiger partial charge < -0.3 is 39.8 Å². The molecule has 328 valence electrons. The van der Waals surface area contributed by atoms with Gasteiger partial charge in [-0.05, 0) is 74.4 Å². The van der Waals surface area contributed by atoms with Gasteiger partial charge in [0.2, 0.25) is 11.8 Å². The van der Waals surface area contributed by atoms with Crippen LogP contribution in [-0.4, -0.2) is 144 Å². The molecule has 3 fully saturated rings. The Kier molecular flexibility index (Phi) is 16.1. The Labute approximate surface area is 364 Å². The van der Waals surface area contributed by atoms with Crippen LogP contribution in [0.15, 0.2) is 46.3 Å². The minimum absolute atomic E-state index is 0.00218. The summed E-state index contributed by atoms with van der Waals surface area (Å²) in [5.74, 6) is 2.65. The van der Waals surface area contributed by atoms with Crippen LogP contribution in [0, 0.1) is 5.92 Å². The summed E-state index contributed by atoms with van der Waals surface area (Å²) in [4.78, 5) is 51.1. The number of aliphatic imine (C=N–C) groups is 1. The minimum atomic E-state index is -0.278. The Bertz CT molecular complexity index is 1820. The molecule has 5 aliphatic rings. The maximum Gasteiger partial charge on any atom is 0.262 e. The third kappa shape index (κ3) is 12.0. The summed E-state index contributed by atoms with van der Waals surface area (Å²) in [7, 11) is 0. The van der Waals surface area contributed by atoms with Crippen LogP contribution in [0.2, 0.25) is 0 Å². The Balaban J connectivity index is 0.765. The fourth-order valence-electron chi connectivity index (χ4n) is 8.93. The summed E-state index contributed by atoms with van der Waals surface area (Å²) >= 11 is 3.58. The molecule has 0 radical (unpaired) electrons. The smallest absolute Gasteiger partial charge is 0.262 e. The molecule has 15 heteroatoms. The van der Waals surface area contributed by atoms with Crippen LogP contribution in [0.5, 0.6) is 11.5 Å². The molecule has 2 aromatic carbocycles. The van der Waals surface area contributed by atoms with Gasteiger partial charge in [-0.2, -0.15) is 0 Å². The number of carbonyl (C=O) groups excluding carboxylic acids is 3. The lowest BCUT2D eigenvalue weighted by atomic mass is 9.89. The van der Waals surface area contributed by atoms with Crippen LogP contribution < -0.4 is 15.4 Å². The number of carbonyl (C=O) groups is 3. The van der Waals surface area contributed by atoms with Gasteiger partial charge in [-0.15, -0.1) is 23.5 Å². The van der Waals surface area contributed by atoms with Crippen LogP contribution in [0.1, 0.15) is 76.3 Å². The summed E-state index contributed by atoms with van der Waals surface area (Å²) in [5, 5.41) is 17.4. The van der Waals surface area contributed by atoms with E-state index in [1.54, 1.807) is 17.8 Å². The third-order valence-electron chi connectivity index (χ3n) is 12.3. The van der Waals surface area contributed by atoms with Crippen LogP contribution in [0.25, 0.3) is 0 Å². The van der Waals surface area contributed by atoms with Crippen molar-refractivity contribution in [2.75, 3.05) is 89.1 Å². The number of amides is 3. The zero-order valence-electron chi connectivity index (χ0n) is 35.5. The van der Waals surface area contributed by atoms with Gasteiger partial charge in [-0.3, -0.25) is 24.3 Å². The highest BCUT2D eigenvalue weighted by Crippen LogP contribution is 2.39. The van der Waals surface area contributed by atoms with Crippen LogP contribution in [0.3, 0.4) is 0 Å². The van der Waals surface area contributed by atoms with Crippen LogP contribution in [-0.2, 0) is 36.8 Å². The first-order valence-corrected chi connectivity index (χ1v) is 24.1. The Hall–Kier alpha value is -3.34. The fourth-order valence-corrected chi connectivity index (χ4v) is 10.9. The normalized spacial score (nSPS) is 20.6. The SMILES string of the molecule is CC(C)C1=NC(C(=O)N2CCOC3(CCN(Cc4cccc(SCCCOCCC(=O)N(CCNCCc5ccc(O)c6c5OCC(=O)N6)C5CCCC5)c4)CC3)C2)CS1. The second kappa shape index (κ2) is 21.6. The average molecular weight is 865 g/mol. The van der Waals surface area contributed by atoms with Gasteiger partial charge in [0.15, 0.2) is 12.4 Å². The number of likely N-dealkylation sites (tertiary alicyclic amines) is 1. The predicted molar refractivity (Wildman–Crippen MR) is 238 cm³/mol. The summed E-state index contributed by atoms with van der Waals surface area (Å²) < 4.78 is 18.0. The Morgan fingerprint density at radius 1 is 1.13 bits per heavy atom. The quantitative estimate of drug-likeness (QED) is 0.0926. The highest BCUT2D eigenvalue weighted by Gasteiger charge is 2.42. The molecule has 4 aliphatic heterocycles. The summed E-state index contributed by atoms with van der Waals surface area (Å²) in [5.41, 5.74) is 2.31. The average Bonchev–Trinajstić information content (AvgIpc) is 3.98. The van der Waals surface area contributed by atoms with Crippen molar-refractivity contribution >= 4 is 52.0 Å². The van der Waals surface area contributed by atoms with E-state index in [4.69, 9.17) is 19.2 Å². The van der Waals surface area contributed by atoms with Crippen molar-refractivity contribution in [3.05, 3.63) is 47.5 Å². The van der Waals surface area contributed by atoms with E-state index in [-0.39, 0.29) is 41.7 Å². The molecule has 1 saturated carbocycles. The summed E-state index contributed by atoms with van der Waals surface area (Å²) in [6.07, 6.45) is 8.27. The van der Waals surface area contributed by atoms with Crippen molar-refractivity contribution in [1.29, 1.82) is 0 Å². The zero-order valence-corrected chi connectivity index (χ0v) is 37.1. The molecule has 7 rings (SSSR count). The maximum absolute atomic E-state index is 13.4. The number of nitrogens with zero attached hydrogens (tertiary/aromatic N) is 4. The zero-order chi connectivity index (χ0) is 41.9. The van der Waals surface area contributed by atoms with E-state index in [1.165, 1.54) is 10.5 Å². The van der Waals surface area contributed by atoms with Crippen LogP contribution in [0.4, 0.5) is 5.69 Å². The first-order chi connectivity index (χ1) is 29.2. The van der Waals surface area contributed by atoms with E-state index in [2.05, 4.69) is 58.5 Å². The molecule has 2 saturated heterocycles. The van der Waals surface area contributed by atoms with E-state index in [1.807, 2.05) is 22.7 Å². The molecule has 1 aliphatic carbocycles. The molecule has 13 nitrogen and oxygen atoms in total. The molecule has 1 unspecified atom stereocenters. The Morgan fingerprint density at radius 2 is 1.97 bits per heavy atom. The van der Waals surface area contributed by atoms with Crippen molar-refractivity contribution in [3.63, 3.8) is 0 Å². The van der Waals surface area contributed by atoms with Gasteiger partial charge >= 0.3 is 0 Å². The molecule has 2 aromatic rings. The number of ether oxygens (including phenoxy) is 3. The predicted octanol–water partition coefficient (Wildman–Crippen LogP) is 5.58. The van der Waals surface area contributed by atoms with Crippen molar-refractivity contribution in [1.82, 2.24) is 20.0 Å². The topological polar surface area (TPSA) is 145 Å². The van der Waals surface area contributed by atoms with Gasteiger partial charge in [-0.25, -0.2) is 0 Å². The fraction of sp³-hybridized carbons (Fsp3) is 0.644. The van der Waals surface area contributed by atoms with Crippen molar-refractivity contribution in [2.24, 2.45) is 10.9 Å². The van der Waals surface area contributed by atoms with E-state index >= 15 is 0 Å². The lowest BCUT2D eigenvalue weighted by Crippen LogP contribution is -2.59. The second-order valence-corrected chi connectivity index (χ2v) is 19.2. The number of fused-ring (bicyclic) bond motifs is 1. The number of morpholine rings is 1. The van der Waals surface area contributed by atoms with E-state index in [0.717, 1.165) is 86.7 Å². The number of aromatic hydroxyl groups is 1. The molecule has 3 amide bonds. The maximum atomic E-state index is 13.4. The number of phenols is 1. The van der Waals surface area contributed by atoms with E-state index in [9.17, 15) is 19.5 Å². The highest BCUT2D eigenvalue weighted by atomic mass is 32.2. The number of benzene rings is 2. The molecule has 0 aromatic heterocycles. The van der Waals surface area contributed by atoms with Crippen molar-refractivity contribution in [3.8, 4) is 11.5 Å². The number of thioether (sulfide) groups is 2. The van der Waals surface area contributed by atoms with Gasteiger partial charge in [0.05, 0.1) is 30.3 Å². The van der Waals surface area contributed by atoms with Gasteiger partial charge in [0.1, 0.15) is 17.5 Å². The number of piperidine rings is 1. The van der Waals surface area contributed by atoms with Crippen LogP contribution >= 0.6 is 23.5 Å². The summed E-state index contributed by atoms with van der Waals surface area (Å²) in [6.45, 7) is 12.0. The molecule has 4 heterocycles. The largest absolute Gasteiger partial charge is 0.506 e. The molecule has 3 N–H and O–H groups in total. The van der Waals surface area contributed by atoms with Crippen molar-refractivity contribution < 1.29 is 33.7 Å². The molecule has 1 spiro atoms. The molecular formula is C45H64N6O7S2. The first kappa shape index (κ1) is 44.7. The molecule has 0 bridgehead atoms. The minimum Gasteiger partial charge on any atom is -0.506 e. The lowest BCUT2D eigenvalue weighted by Gasteiger charge is -2.47. The standard InChI is InChI=1S/C45H64N6O7S2/c1-32(2)43-47-37(30-60-43)44(55)50-22-25-58-45(31-50)15-19-49(20-16-45)28-33-7-5-10-36(27-33)59-26-6-23-56-24-14-40(54)51(35-8-3-4-9-35)21-18-46-17-13-34-11-12-38(52)41-42(34)57-29-39(53)48-41/h5,7,10-12,27,32,35,37,46,52H,3-4,6,8-9,13-26,28-31H2,1-2H3,(H,48,53). The molecule has 60 heavy (non-hydrogen) atoms. The molecule has 1 atom stereocenters. The monoisotopic (exact) mass is 864 g/mol. The lowest BCUT2D eigenvalue weighted by molar-refractivity contribution is -0.160. The Morgan fingerprint density at radius 3 is 2.77 bits per heavy atom. The van der Waals surface area contributed by atoms with Gasteiger partial charge in [0.25, 0.3) is 5.91 Å². The van der Waals surface area contributed by atoms with Gasteiger partial charge in [-0.1, -0.05) is 44.9 Å². The highest BCUT2D eigenvalue weighted by molar-refractivity contribution is 8.14. The number of hydrogen-bond acceptors (Lipinski definition) is 12. The first-order valence-electron chi connectivity index (χ1n) is 22.1. The molecular weight excluding hydrogens is 801 g/mol. The number of anilines is 1. The number of rotatable bonds is 19. The van der Waals surface area contributed by atoms with Gasteiger partial charge in [0, 0.05) is 80.8 Å². The van der Waals surface area contributed by atoms with E-state index in [0.29, 0.717) is 88.8 Å². The summed E-state index contributed by atoms with van der Waals surface area (Å²) in [6, 6.07) is 12.3. The third-order valence-corrected chi connectivity index (χ3v) is 14.7. The van der Waals surface area contributed by atoms with E-state index < -0.39 is 0 Å². The number of nitrogens with one attached hydrogen (secondary N) is 2. The second-order valence-electron chi connectivity index (χ2n) is 17.0. The number of phenolic OH excluding ortho intramolecular Hbond substituents is 1. The van der Waals surface area contributed by atoms with Crippen molar-refractivity contribution in [2.45, 2.75) is 101 Å². The number of hydrogen-bond donors (Lipinski definition) is 3.